The standard InChI is InChI=1S/C18H18OS/c1-18(2,3)16-15-12-6-4-5-7-13(12)19-14(15)10-11-8-9-20-17(11)16/h4-9,14H,10H2,1-3H3. The molecule has 0 radical (unpaired) electrons. The molecule has 1 unspecified atom stereocenters. The lowest BCUT2D eigenvalue weighted by Crippen LogP contribution is -2.24. The van der Waals surface area contributed by atoms with Crippen LogP contribution in [0.1, 0.15) is 36.8 Å². The Balaban J connectivity index is 2.05. The average Bonchev–Trinajstić information content (AvgIpc) is 2.97. The van der Waals surface area contributed by atoms with Gasteiger partial charge in [0.1, 0.15) is 11.9 Å². The normalized spacial score (nSPS) is 20.2. The van der Waals surface area contributed by atoms with E-state index in [0.717, 1.165) is 12.2 Å². The molecule has 0 spiro atoms. The van der Waals surface area contributed by atoms with Gasteiger partial charge in [-0.2, -0.15) is 0 Å². The summed E-state index contributed by atoms with van der Waals surface area (Å²) in [6, 6.07) is 10.7. The van der Waals surface area contributed by atoms with E-state index in [4.69, 9.17) is 4.74 Å². The smallest absolute Gasteiger partial charge is 0.129 e. The van der Waals surface area contributed by atoms with Gasteiger partial charge in [0.2, 0.25) is 0 Å². The monoisotopic (exact) mass is 282 g/mol. The maximum absolute atomic E-state index is 6.21. The number of para-hydroxylation sites is 1. The van der Waals surface area contributed by atoms with Crippen molar-refractivity contribution >= 4 is 22.5 Å². The molecule has 0 saturated heterocycles. The summed E-state index contributed by atoms with van der Waals surface area (Å²) in [4.78, 5) is 1.46. The molecule has 4 rings (SSSR count). The molecule has 1 nitrogen and oxygen atoms in total. The molecule has 0 N–H and O–H groups in total. The molecule has 0 bridgehead atoms. The SMILES string of the molecule is CC(C)(C)C1=C2c3ccccc3OC2Cc2ccsc21. The number of thiophene rings is 1. The zero-order valence-electron chi connectivity index (χ0n) is 12.1. The van der Waals surface area contributed by atoms with Crippen molar-refractivity contribution in [2.75, 3.05) is 0 Å². The van der Waals surface area contributed by atoms with Gasteiger partial charge in [-0.25, -0.2) is 0 Å². The Morgan fingerprint density at radius 1 is 1.15 bits per heavy atom. The van der Waals surface area contributed by atoms with Crippen molar-refractivity contribution in [2.45, 2.75) is 33.3 Å². The zero-order chi connectivity index (χ0) is 13.9. The lowest BCUT2D eigenvalue weighted by atomic mass is 9.75. The van der Waals surface area contributed by atoms with E-state index in [1.54, 1.807) is 0 Å². The summed E-state index contributed by atoms with van der Waals surface area (Å²) in [6.45, 7) is 6.92. The quantitative estimate of drug-likeness (QED) is 0.659. The van der Waals surface area contributed by atoms with Gasteiger partial charge in [-0.05, 0) is 34.1 Å². The summed E-state index contributed by atoms with van der Waals surface area (Å²) in [5, 5.41) is 2.21. The van der Waals surface area contributed by atoms with E-state index in [9.17, 15) is 0 Å². The predicted molar refractivity (Wildman–Crippen MR) is 85.2 cm³/mol. The molecule has 0 fully saturated rings. The number of benzene rings is 1. The van der Waals surface area contributed by atoms with E-state index in [0.29, 0.717) is 0 Å². The first kappa shape index (κ1) is 12.2. The molecule has 2 aliphatic rings. The van der Waals surface area contributed by atoms with Crippen molar-refractivity contribution < 1.29 is 4.74 Å². The first-order chi connectivity index (χ1) is 9.55. The number of rotatable bonds is 0. The number of hydrogen-bond acceptors (Lipinski definition) is 2. The van der Waals surface area contributed by atoms with Gasteiger partial charge in [0, 0.05) is 22.4 Å². The van der Waals surface area contributed by atoms with Gasteiger partial charge in [-0.15, -0.1) is 11.3 Å². The molecular weight excluding hydrogens is 264 g/mol. The van der Waals surface area contributed by atoms with Crippen molar-refractivity contribution in [3.05, 3.63) is 51.7 Å². The topological polar surface area (TPSA) is 9.23 Å². The van der Waals surface area contributed by atoms with Crippen LogP contribution < -0.4 is 4.74 Å². The van der Waals surface area contributed by atoms with Crippen molar-refractivity contribution in [2.24, 2.45) is 5.41 Å². The fourth-order valence-corrected chi connectivity index (χ4v) is 4.60. The van der Waals surface area contributed by atoms with Crippen molar-refractivity contribution in [1.29, 1.82) is 0 Å². The fourth-order valence-electron chi connectivity index (χ4n) is 3.40. The molecular formula is C18H18OS. The first-order valence-corrected chi connectivity index (χ1v) is 8.01. The summed E-state index contributed by atoms with van der Waals surface area (Å²) >= 11 is 1.87. The zero-order valence-corrected chi connectivity index (χ0v) is 12.9. The van der Waals surface area contributed by atoms with Crippen LogP contribution in [0.4, 0.5) is 0 Å². The van der Waals surface area contributed by atoms with Crippen LogP contribution in [-0.4, -0.2) is 6.10 Å². The van der Waals surface area contributed by atoms with Crippen LogP contribution in [0.3, 0.4) is 0 Å². The highest BCUT2D eigenvalue weighted by Gasteiger charge is 2.39. The number of allylic oxidation sites excluding steroid dienone is 1. The first-order valence-electron chi connectivity index (χ1n) is 7.13. The van der Waals surface area contributed by atoms with Gasteiger partial charge in [0.15, 0.2) is 0 Å². The Bertz CT molecular complexity index is 715. The van der Waals surface area contributed by atoms with Crippen molar-refractivity contribution in [3.63, 3.8) is 0 Å². The molecule has 102 valence electrons. The van der Waals surface area contributed by atoms with E-state index in [-0.39, 0.29) is 11.5 Å². The molecule has 2 heteroatoms. The second-order valence-electron chi connectivity index (χ2n) is 6.62. The maximum atomic E-state index is 6.21. The van der Waals surface area contributed by atoms with Gasteiger partial charge < -0.3 is 4.74 Å². The van der Waals surface area contributed by atoms with Crippen LogP contribution in [0, 0.1) is 5.41 Å². The Labute approximate surface area is 123 Å². The maximum Gasteiger partial charge on any atom is 0.129 e. The average molecular weight is 282 g/mol. The van der Waals surface area contributed by atoms with Gasteiger partial charge >= 0.3 is 0 Å². The van der Waals surface area contributed by atoms with E-state index in [2.05, 4.69) is 56.5 Å². The lowest BCUT2D eigenvalue weighted by molar-refractivity contribution is 0.274. The summed E-state index contributed by atoms with van der Waals surface area (Å²) in [5.74, 6) is 1.05. The summed E-state index contributed by atoms with van der Waals surface area (Å²) in [6.07, 6.45) is 1.20. The van der Waals surface area contributed by atoms with Crippen LogP contribution in [0.15, 0.2) is 35.7 Å². The van der Waals surface area contributed by atoms with Crippen LogP contribution in [0.2, 0.25) is 0 Å². The number of ether oxygens (including phenoxy) is 1. The molecule has 20 heavy (non-hydrogen) atoms. The third-order valence-corrected chi connectivity index (χ3v) is 5.14. The van der Waals surface area contributed by atoms with Crippen molar-refractivity contribution in [1.82, 2.24) is 0 Å². The van der Waals surface area contributed by atoms with Gasteiger partial charge in [-0.3, -0.25) is 0 Å². The van der Waals surface area contributed by atoms with E-state index < -0.39 is 0 Å². The molecule has 2 aromatic rings. The second-order valence-corrected chi connectivity index (χ2v) is 7.54. The largest absolute Gasteiger partial charge is 0.485 e. The number of hydrogen-bond donors (Lipinski definition) is 0. The van der Waals surface area contributed by atoms with Gasteiger partial charge in [-0.1, -0.05) is 39.0 Å². The third-order valence-electron chi connectivity index (χ3n) is 4.17. The highest BCUT2D eigenvalue weighted by atomic mass is 32.1. The minimum atomic E-state index is 0.133. The summed E-state index contributed by atoms with van der Waals surface area (Å²) in [5.41, 5.74) is 5.77. The molecule has 1 aliphatic carbocycles. The third kappa shape index (κ3) is 1.61. The predicted octanol–water partition coefficient (Wildman–Crippen LogP) is 5.02. The Kier molecular flexibility index (Phi) is 2.43. The second kappa shape index (κ2) is 3.98. The Morgan fingerprint density at radius 3 is 2.75 bits per heavy atom. The number of fused-ring (bicyclic) bond motifs is 4. The summed E-state index contributed by atoms with van der Waals surface area (Å²) in [7, 11) is 0. The van der Waals surface area contributed by atoms with E-state index >= 15 is 0 Å². The molecule has 0 amide bonds. The van der Waals surface area contributed by atoms with Crippen LogP contribution in [0.5, 0.6) is 5.75 Å². The van der Waals surface area contributed by atoms with Crippen LogP contribution >= 0.6 is 11.3 Å². The van der Waals surface area contributed by atoms with E-state index in [1.807, 2.05) is 11.3 Å². The lowest BCUT2D eigenvalue weighted by Gasteiger charge is -2.31. The Morgan fingerprint density at radius 2 is 1.95 bits per heavy atom. The molecule has 1 aliphatic heterocycles. The van der Waals surface area contributed by atoms with Crippen LogP contribution in [-0.2, 0) is 6.42 Å². The van der Waals surface area contributed by atoms with Crippen molar-refractivity contribution in [3.8, 4) is 5.75 Å². The molecule has 0 saturated carbocycles. The van der Waals surface area contributed by atoms with Crippen LogP contribution in [0.25, 0.3) is 11.1 Å². The highest BCUT2D eigenvalue weighted by molar-refractivity contribution is 7.11. The minimum absolute atomic E-state index is 0.133. The molecule has 1 aromatic carbocycles. The van der Waals surface area contributed by atoms with Gasteiger partial charge in [0.05, 0.1) is 0 Å². The minimum Gasteiger partial charge on any atom is -0.485 e. The Hall–Kier alpha value is -1.54. The van der Waals surface area contributed by atoms with E-state index in [1.165, 1.54) is 27.2 Å². The summed E-state index contributed by atoms with van der Waals surface area (Å²) < 4.78 is 6.21. The molecule has 1 atom stereocenters. The molecule has 2 heterocycles. The fraction of sp³-hybridized carbons (Fsp3) is 0.333. The highest BCUT2D eigenvalue weighted by Crippen LogP contribution is 2.52. The molecule has 1 aromatic heterocycles. The van der Waals surface area contributed by atoms with Gasteiger partial charge in [0.25, 0.3) is 0 Å².